The van der Waals surface area contributed by atoms with Gasteiger partial charge in [0, 0.05) is 16.7 Å². The minimum atomic E-state index is 0.592. The van der Waals surface area contributed by atoms with Crippen LogP contribution in [0.4, 0.5) is 5.69 Å². The van der Waals surface area contributed by atoms with Crippen LogP contribution in [0.5, 0.6) is 0 Å². The largest absolute Gasteiger partial charge is 0.381 e. The molecule has 1 N–H and O–H groups in total. The minimum Gasteiger partial charge on any atom is -0.381 e. The fourth-order valence-electron chi connectivity index (χ4n) is 2.06. The van der Waals surface area contributed by atoms with E-state index in [2.05, 4.69) is 84.5 Å². The van der Waals surface area contributed by atoms with Gasteiger partial charge >= 0.3 is 0 Å². The van der Waals surface area contributed by atoms with Crippen molar-refractivity contribution >= 4 is 21.6 Å². The summed E-state index contributed by atoms with van der Waals surface area (Å²) in [6.45, 7) is 7.40. The van der Waals surface area contributed by atoms with Gasteiger partial charge in [-0.15, -0.1) is 0 Å². The number of benzene rings is 2. The molecule has 0 fully saturated rings. The molecule has 19 heavy (non-hydrogen) atoms. The van der Waals surface area contributed by atoms with Gasteiger partial charge in [-0.25, -0.2) is 0 Å². The van der Waals surface area contributed by atoms with Crippen LogP contribution in [-0.2, 0) is 6.54 Å². The fourth-order valence-corrected chi connectivity index (χ4v) is 2.67. The van der Waals surface area contributed by atoms with Crippen molar-refractivity contribution in [3.8, 4) is 0 Å². The first kappa shape index (κ1) is 14.1. The van der Waals surface area contributed by atoms with Gasteiger partial charge in [-0.05, 0) is 47.7 Å². The average Bonchev–Trinajstić information content (AvgIpc) is 2.36. The Morgan fingerprint density at radius 3 is 2.32 bits per heavy atom. The van der Waals surface area contributed by atoms with E-state index >= 15 is 0 Å². The van der Waals surface area contributed by atoms with Gasteiger partial charge in [-0.2, -0.15) is 0 Å². The molecule has 0 aliphatic rings. The van der Waals surface area contributed by atoms with Gasteiger partial charge in [0.05, 0.1) is 0 Å². The SMILES string of the molecule is Cc1cc(Br)cc(NCc2ccc(C(C)C)cc2)c1. The van der Waals surface area contributed by atoms with E-state index in [1.807, 2.05) is 0 Å². The van der Waals surface area contributed by atoms with E-state index in [1.165, 1.54) is 16.7 Å². The first-order valence-electron chi connectivity index (χ1n) is 6.64. The highest BCUT2D eigenvalue weighted by molar-refractivity contribution is 9.10. The van der Waals surface area contributed by atoms with Crippen LogP contribution in [0.2, 0.25) is 0 Å². The molecule has 0 spiro atoms. The molecule has 0 heterocycles. The first-order valence-corrected chi connectivity index (χ1v) is 7.44. The maximum Gasteiger partial charge on any atom is 0.0400 e. The first-order chi connectivity index (χ1) is 9.04. The highest BCUT2D eigenvalue weighted by Crippen LogP contribution is 2.20. The van der Waals surface area contributed by atoms with Gasteiger partial charge < -0.3 is 5.32 Å². The Hall–Kier alpha value is -1.28. The smallest absolute Gasteiger partial charge is 0.0400 e. The Labute approximate surface area is 124 Å². The molecule has 2 aromatic carbocycles. The molecule has 2 aromatic rings. The molecule has 0 unspecified atom stereocenters. The molecule has 0 saturated heterocycles. The van der Waals surface area contributed by atoms with E-state index in [0.717, 1.165) is 16.7 Å². The van der Waals surface area contributed by atoms with Gasteiger partial charge in [0.25, 0.3) is 0 Å². The van der Waals surface area contributed by atoms with Crippen LogP contribution in [0, 0.1) is 6.92 Å². The zero-order chi connectivity index (χ0) is 13.8. The van der Waals surface area contributed by atoms with Gasteiger partial charge in [0.2, 0.25) is 0 Å². The number of hydrogen-bond acceptors (Lipinski definition) is 1. The zero-order valence-corrected chi connectivity index (χ0v) is 13.3. The Morgan fingerprint density at radius 1 is 1.05 bits per heavy atom. The quantitative estimate of drug-likeness (QED) is 0.785. The molecule has 0 bridgehead atoms. The maximum atomic E-state index is 3.52. The zero-order valence-electron chi connectivity index (χ0n) is 11.7. The number of aryl methyl sites for hydroxylation is 1. The van der Waals surface area contributed by atoms with Crippen LogP contribution >= 0.6 is 15.9 Å². The molecular formula is C17H20BrN. The van der Waals surface area contributed by atoms with Crippen molar-refractivity contribution in [3.63, 3.8) is 0 Å². The standard InChI is InChI=1S/C17H20BrN/c1-12(2)15-6-4-14(5-7-15)11-19-17-9-13(3)8-16(18)10-17/h4-10,12,19H,11H2,1-3H3. The lowest BCUT2D eigenvalue weighted by atomic mass is 10.0. The van der Waals surface area contributed by atoms with Crippen molar-refractivity contribution in [2.24, 2.45) is 0 Å². The molecule has 0 aliphatic carbocycles. The van der Waals surface area contributed by atoms with Crippen molar-refractivity contribution in [2.45, 2.75) is 33.2 Å². The van der Waals surface area contributed by atoms with Gasteiger partial charge in [-0.1, -0.05) is 54.0 Å². The number of rotatable bonds is 4. The Kier molecular flexibility index (Phi) is 4.65. The second kappa shape index (κ2) is 6.25. The van der Waals surface area contributed by atoms with Gasteiger partial charge in [0.1, 0.15) is 0 Å². The number of nitrogens with one attached hydrogen (secondary N) is 1. The summed E-state index contributed by atoms with van der Waals surface area (Å²) in [6.07, 6.45) is 0. The lowest BCUT2D eigenvalue weighted by Crippen LogP contribution is -2.00. The van der Waals surface area contributed by atoms with Crippen molar-refractivity contribution in [3.05, 3.63) is 63.6 Å². The normalized spacial score (nSPS) is 10.8. The second-order valence-corrected chi connectivity index (χ2v) is 6.18. The number of anilines is 1. The lowest BCUT2D eigenvalue weighted by Gasteiger charge is -2.10. The van der Waals surface area contributed by atoms with E-state index in [4.69, 9.17) is 0 Å². The molecular weight excluding hydrogens is 298 g/mol. The number of hydrogen-bond donors (Lipinski definition) is 1. The lowest BCUT2D eigenvalue weighted by molar-refractivity contribution is 0.865. The molecule has 0 aliphatic heterocycles. The van der Waals surface area contributed by atoms with Gasteiger partial charge in [0.15, 0.2) is 0 Å². The second-order valence-electron chi connectivity index (χ2n) is 5.27. The summed E-state index contributed by atoms with van der Waals surface area (Å²) in [4.78, 5) is 0. The molecule has 0 amide bonds. The minimum absolute atomic E-state index is 0.592. The highest BCUT2D eigenvalue weighted by Gasteiger charge is 2.00. The Bertz CT molecular complexity index is 523. The summed E-state index contributed by atoms with van der Waals surface area (Å²) < 4.78 is 1.12. The predicted octanol–water partition coefficient (Wildman–Crippen LogP) is 5.49. The van der Waals surface area contributed by atoms with Crippen molar-refractivity contribution in [1.82, 2.24) is 0 Å². The third-order valence-corrected chi connectivity index (χ3v) is 3.64. The van der Waals surface area contributed by atoms with Crippen LogP contribution in [0.25, 0.3) is 0 Å². The number of halogens is 1. The third-order valence-electron chi connectivity index (χ3n) is 3.19. The predicted molar refractivity (Wildman–Crippen MR) is 86.7 cm³/mol. The van der Waals surface area contributed by atoms with Crippen LogP contribution in [0.1, 0.15) is 36.5 Å². The van der Waals surface area contributed by atoms with E-state index in [1.54, 1.807) is 0 Å². The summed E-state index contributed by atoms with van der Waals surface area (Å²) >= 11 is 3.52. The average molecular weight is 318 g/mol. The highest BCUT2D eigenvalue weighted by atomic mass is 79.9. The van der Waals surface area contributed by atoms with Crippen molar-refractivity contribution in [2.75, 3.05) is 5.32 Å². The Balaban J connectivity index is 2.02. The summed E-state index contributed by atoms with van der Waals surface area (Å²) in [5, 5.41) is 3.46. The third kappa shape index (κ3) is 4.10. The van der Waals surface area contributed by atoms with Crippen molar-refractivity contribution < 1.29 is 0 Å². The summed E-state index contributed by atoms with van der Waals surface area (Å²) in [6, 6.07) is 15.2. The molecule has 2 heteroatoms. The Morgan fingerprint density at radius 2 is 1.74 bits per heavy atom. The summed E-state index contributed by atoms with van der Waals surface area (Å²) in [5.41, 5.74) is 5.11. The molecule has 1 nitrogen and oxygen atoms in total. The van der Waals surface area contributed by atoms with E-state index in [0.29, 0.717) is 5.92 Å². The van der Waals surface area contributed by atoms with Crippen molar-refractivity contribution in [1.29, 1.82) is 0 Å². The molecule has 100 valence electrons. The maximum absolute atomic E-state index is 3.52. The van der Waals surface area contributed by atoms with Crippen LogP contribution in [0.3, 0.4) is 0 Å². The van der Waals surface area contributed by atoms with Crippen LogP contribution in [-0.4, -0.2) is 0 Å². The topological polar surface area (TPSA) is 12.0 Å². The van der Waals surface area contributed by atoms with E-state index in [-0.39, 0.29) is 0 Å². The molecule has 0 aromatic heterocycles. The molecule has 0 radical (unpaired) electrons. The summed E-state index contributed by atoms with van der Waals surface area (Å²) in [5.74, 6) is 0.592. The summed E-state index contributed by atoms with van der Waals surface area (Å²) in [7, 11) is 0. The fraction of sp³-hybridized carbons (Fsp3) is 0.294. The van der Waals surface area contributed by atoms with Crippen LogP contribution < -0.4 is 5.32 Å². The molecule has 0 saturated carbocycles. The van der Waals surface area contributed by atoms with Crippen LogP contribution in [0.15, 0.2) is 46.9 Å². The van der Waals surface area contributed by atoms with Gasteiger partial charge in [-0.3, -0.25) is 0 Å². The molecule has 2 rings (SSSR count). The van der Waals surface area contributed by atoms with E-state index in [9.17, 15) is 0 Å². The monoisotopic (exact) mass is 317 g/mol. The molecule has 0 atom stereocenters. The van der Waals surface area contributed by atoms with E-state index < -0.39 is 0 Å².